The molecule has 1 amide bonds. The van der Waals surface area contributed by atoms with Crippen molar-refractivity contribution in [3.05, 3.63) is 65.2 Å². The van der Waals surface area contributed by atoms with E-state index in [1.807, 2.05) is 17.7 Å². The first-order chi connectivity index (χ1) is 16.8. The highest BCUT2D eigenvalue weighted by Crippen LogP contribution is 2.27. The second-order valence-electron chi connectivity index (χ2n) is 9.92. The van der Waals surface area contributed by atoms with Gasteiger partial charge in [0.2, 0.25) is 5.91 Å². The van der Waals surface area contributed by atoms with E-state index in [1.54, 1.807) is 0 Å². The summed E-state index contributed by atoms with van der Waals surface area (Å²) in [5.41, 5.74) is 4.80. The minimum atomic E-state index is -0.0183. The molecule has 1 fully saturated rings. The van der Waals surface area contributed by atoms with Gasteiger partial charge >= 0.3 is 0 Å². The molecule has 1 aliphatic heterocycles. The molecule has 1 aliphatic rings. The van der Waals surface area contributed by atoms with E-state index in [0.29, 0.717) is 12.3 Å². The van der Waals surface area contributed by atoms with E-state index in [2.05, 4.69) is 83.6 Å². The second kappa shape index (κ2) is 11.4. The van der Waals surface area contributed by atoms with Crippen LogP contribution in [-0.2, 0) is 35.1 Å². The summed E-state index contributed by atoms with van der Waals surface area (Å²) in [4.78, 5) is 15.0. The van der Waals surface area contributed by atoms with E-state index < -0.39 is 0 Å². The van der Waals surface area contributed by atoms with Crippen molar-refractivity contribution in [3.8, 4) is 11.4 Å². The summed E-state index contributed by atoms with van der Waals surface area (Å²) in [6, 6.07) is 16.7. The Hall–Kier alpha value is -2.68. The number of ether oxygens (including phenoxy) is 1. The number of amides is 1. The molecule has 1 aromatic heterocycles. The smallest absolute Gasteiger partial charge is 0.230 e. The van der Waals surface area contributed by atoms with Gasteiger partial charge in [0.1, 0.15) is 0 Å². The third kappa shape index (κ3) is 6.72. The number of nitrogens with zero attached hydrogens (tertiary/aromatic N) is 4. The normalized spacial score (nSPS) is 14.7. The number of benzene rings is 2. The van der Waals surface area contributed by atoms with Crippen LogP contribution in [0.15, 0.2) is 53.7 Å². The highest BCUT2D eigenvalue weighted by molar-refractivity contribution is 7.99. The van der Waals surface area contributed by atoms with E-state index in [-0.39, 0.29) is 11.3 Å². The zero-order chi connectivity index (χ0) is 24.8. The van der Waals surface area contributed by atoms with Gasteiger partial charge in [-0.15, -0.1) is 10.2 Å². The first-order valence-electron chi connectivity index (χ1n) is 12.1. The predicted molar refractivity (Wildman–Crippen MR) is 140 cm³/mol. The van der Waals surface area contributed by atoms with Gasteiger partial charge < -0.3 is 14.6 Å². The molecule has 2 heterocycles. The Morgan fingerprint density at radius 1 is 1.03 bits per heavy atom. The molecule has 1 saturated heterocycles. The van der Waals surface area contributed by atoms with Gasteiger partial charge in [-0.2, -0.15) is 0 Å². The van der Waals surface area contributed by atoms with Crippen molar-refractivity contribution < 1.29 is 9.53 Å². The molecule has 8 heteroatoms. The van der Waals surface area contributed by atoms with Crippen molar-refractivity contribution in [2.75, 3.05) is 32.1 Å². The number of hydrogen-bond donors (Lipinski definition) is 1. The maximum Gasteiger partial charge on any atom is 0.230 e. The quantitative estimate of drug-likeness (QED) is 0.478. The maximum atomic E-state index is 12.6. The average molecular weight is 494 g/mol. The lowest BCUT2D eigenvalue weighted by Crippen LogP contribution is -2.36. The van der Waals surface area contributed by atoms with Gasteiger partial charge in [-0.25, -0.2) is 0 Å². The summed E-state index contributed by atoms with van der Waals surface area (Å²) < 4.78 is 7.40. The van der Waals surface area contributed by atoms with Gasteiger partial charge in [-0.1, -0.05) is 81.1 Å². The van der Waals surface area contributed by atoms with Crippen molar-refractivity contribution in [2.45, 2.75) is 44.4 Å². The number of carbonyl (C=O) groups is 1. The average Bonchev–Trinajstić information content (AvgIpc) is 3.22. The van der Waals surface area contributed by atoms with Crippen LogP contribution in [0, 0.1) is 0 Å². The van der Waals surface area contributed by atoms with Crippen molar-refractivity contribution in [1.29, 1.82) is 0 Å². The van der Waals surface area contributed by atoms with Gasteiger partial charge in [-0.3, -0.25) is 9.69 Å². The van der Waals surface area contributed by atoms with Crippen LogP contribution in [0.3, 0.4) is 0 Å². The van der Waals surface area contributed by atoms with Crippen molar-refractivity contribution >= 4 is 17.7 Å². The molecule has 4 rings (SSSR count). The zero-order valence-corrected chi connectivity index (χ0v) is 21.9. The highest BCUT2D eigenvalue weighted by Gasteiger charge is 2.17. The first kappa shape index (κ1) is 25.4. The van der Waals surface area contributed by atoms with Crippen LogP contribution in [0.4, 0.5) is 0 Å². The molecule has 0 atom stereocenters. The zero-order valence-electron chi connectivity index (χ0n) is 21.1. The number of aromatic nitrogens is 3. The third-order valence-electron chi connectivity index (χ3n) is 6.27. The minimum absolute atomic E-state index is 0.0183. The van der Waals surface area contributed by atoms with Gasteiger partial charge in [-0.05, 0) is 22.1 Å². The van der Waals surface area contributed by atoms with E-state index in [9.17, 15) is 4.79 Å². The molecule has 1 N–H and O–H groups in total. The van der Waals surface area contributed by atoms with Gasteiger partial charge in [0.15, 0.2) is 11.0 Å². The van der Waals surface area contributed by atoms with Crippen molar-refractivity contribution in [2.24, 2.45) is 7.05 Å². The Bertz CT molecular complexity index is 1130. The van der Waals surface area contributed by atoms with Gasteiger partial charge in [0.05, 0.1) is 19.0 Å². The van der Waals surface area contributed by atoms with E-state index >= 15 is 0 Å². The fourth-order valence-corrected chi connectivity index (χ4v) is 4.81. The number of nitrogens with one attached hydrogen (secondary N) is 1. The van der Waals surface area contributed by atoms with E-state index in [1.165, 1.54) is 22.9 Å². The Labute approximate surface area is 212 Å². The molecular weight excluding hydrogens is 458 g/mol. The summed E-state index contributed by atoms with van der Waals surface area (Å²) in [7, 11) is 1.94. The minimum Gasteiger partial charge on any atom is -0.379 e. The number of morpholine rings is 1. The van der Waals surface area contributed by atoms with Crippen LogP contribution in [0.1, 0.15) is 37.5 Å². The lowest BCUT2D eigenvalue weighted by Gasteiger charge is -2.27. The number of rotatable bonds is 8. The lowest BCUT2D eigenvalue weighted by atomic mass is 9.87. The molecule has 0 bridgehead atoms. The first-order valence-corrected chi connectivity index (χ1v) is 13.1. The third-order valence-corrected chi connectivity index (χ3v) is 7.29. The maximum absolute atomic E-state index is 12.6. The fourth-order valence-electron chi connectivity index (χ4n) is 4.07. The summed E-state index contributed by atoms with van der Waals surface area (Å²) in [6.45, 7) is 11.4. The van der Waals surface area contributed by atoms with Crippen LogP contribution in [-0.4, -0.2) is 57.6 Å². The van der Waals surface area contributed by atoms with Crippen molar-refractivity contribution in [3.63, 3.8) is 0 Å². The topological polar surface area (TPSA) is 72.3 Å². The second-order valence-corrected chi connectivity index (χ2v) is 10.9. The van der Waals surface area contributed by atoms with Crippen LogP contribution in [0.5, 0.6) is 0 Å². The van der Waals surface area contributed by atoms with Crippen LogP contribution in [0.25, 0.3) is 11.4 Å². The molecule has 0 unspecified atom stereocenters. The molecule has 0 spiro atoms. The highest BCUT2D eigenvalue weighted by atomic mass is 32.2. The molecule has 0 radical (unpaired) electrons. The molecule has 0 aliphatic carbocycles. The fraction of sp³-hybridized carbons (Fsp3) is 0.444. The summed E-state index contributed by atoms with van der Waals surface area (Å²) in [5, 5.41) is 12.5. The predicted octanol–water partition coefficient (Wildman–Crippen LogP) is 4.02. The number of thioether (sulfide) groups is 1. The molecule has 7 nitrogen and oxygen atoms in total. The Morgan fingerprint density at radius 2 is 1.71 bits per heavy atom. The summed E-state index contributed by atoms with van der Waals surface area (Å²) in [5.74, 6) is 1.07. The van der Waals surface area contributed by atoms with Gasteiger partial charge in [0, 0.05) is 38.8 Å². The SMILES string of the molecule is Cn1c(SCC(=O)NCc2ccccc2CN2CCOCC2)nnc1-c1ccc(C(C)(C)C)cc1. The molecular formula is C27H35N5O2S. The molecule has 3 aromatic rings. The Balaban J connectivity index is 1.31. The lowest BCUT2D eigenvalue weighted by molar-refractivity contribution is -0.118. The van der Waals surface area contributed by atoms with Gasteiger partial charge in [0.25, 0.3) is 0 Å². The number of carbonyl (C=O) groups excluding carboxylic acids is 1. The molecule has 2 aromatic carbocycles. The van der Waals surface area contributed by atoms with E-state index in [0.717, 1.165) is 55.0 Å². The molecule has 0 saturated carbocycles. The van der Waals surface area contributed by atoms with E-state index in [4.69, 9.17) is 4.74 Å². The number of hydrogen-bond acceptors (Lipinski definition) is 6. The Morgan fingerprint density at radius 3 is 2.40 bits per heavy atom. The standard InChI is InChI=1S/C27H35N5O2S/c1-27(2,3)23-11-9-20(10-12-23)25-29-30-26(31(25)4)35-19-24(33)28-17-21-7-5-6-8-22(21)18-32-13-15-34-16-14-32/h5-12H,13-19H2,1-4H3,(H,28,33). The Kier molecular flexibility index (Phi) is 8.26. The van der Waals surface area contributed by atoms with Crippen LogP contribution >= 0.6 is 11.8 Å². The van der Waals surface area contributed by atoms with Crippen molar-refractivity contribution in [1.82, 2.24) is 25.0 Å². The molecule has 186 valence electrons. The monoisotopic (exact) mass is 493 g/mol. The molecule has 35 heavy (non-hydrogen) atoms. The largest absolute Gasteiger partial charge is 0.379 e. The van der Waals surface area contributed by atoms with Crippen LogP contribution in [0.2, 0.25) is 0 Å². The summed E-state index contributed by atoms with van der Waals surface area (Å²) >= 11 is 1.40. The van der Waals surface area contributed by atoms with Crippen LogP contribution < -0.4 is 5.32 Å². The summed E-state index contributed by atoms with van der Waals surface area (Å²) in [6.07, 6.45) is 0.